The van der Waals surface area contributed by atoms with E-state index >= 15 is 0 Å². The van der Waals surface area contributed by atoms with Gasteiger partial charge in [-0.25, -0.2) is 18.0 Å². The van der Waals surface area contributed by atoms with E-state index in [1.165, 1.54) is 18.2 Å². The van der Waals surface area contributed by atoms with Crippen LogP contribution >= 0.6 is 0 Å². The van der Waals surface area contributed by atoms with E-state index in [1.54, 1.807) is 31.2 Å². The third-order valence-corrected chi connectivity index (χ3v) is 7.44. The van der Waals surface area contributed by atoms with E-state index in [-0.39, 0.29) is 34.7 Å². The predicted octanol–water partition coefficient (Wildman–Crippen LogP) is 3.12. The van der Waals surface area contributed by atoms with Crippen LogP contribution in [0.3, 0.4) is 0 Å². The molecular formula is C26H25N3O5S. The third-order valence-electron chi connectivity index (χ3n) is 5.84. The van der Waals surface area contributed by atoms with Crippen molar-refractivity contribution in [1.82, 2.24) is 10.0 Å². The van der Waals surface area contributed by atoms with E-state index in [2.05, 4.69) is 10.0 Å². The number of aryl methyl sites for hydroxylation is 3. The Morgan fingerprint density at radius 2 is 1.54 bits per heavy atom. The first-order valence-electron chi connectivity index (χ1n) is 11.0. The van der Waals surface area contributed by atoms with Gasteiger partial charge < -0.3 is 5.32 Å². The Bertz CT molecular complexity index is 1460. The molecule has 0 saturated carbocycles. The largest absolute Gasteiger partial charge is 0.351 e. The highest BCUT2D eigenvalue weighted by Crippen LogP contribution is 2.31. The molecule has 1 heterocycles. The van der Waals surface area contributed by atoms with Crippen LogP contribution in [-0.2, 0) is 10.0 Å². The zero-order chi connectivity index (χ0) is 25.3. The molecule has 0 fully saturated rings. The lowest BCUT2D eigenvalue weighted by Crippen LogP contribution is -2.35. The predicted molar refractivity (Wildman–Crippen MR) is 132 cm³/mol. The molecular weight excluding hydrogens is 466 g/mol. The van der Waals surface area contributed by atoms with Crippen molar-refractivity contribution in [2.24, 2.45) is 0 Å². The number of carbonyl (C=O) groups is 3. The molecule has 3 amide bonds. The lowest BCUT2D eigenvalue weighted by Gasteiger charge is -2.16. The van der Waals surface area contributed by atoms with Gasteiger partial charge in [0.1, 0.15) is 0 Å². The molecule has 3 aromatic carbocycles. The van der Waals surface area contributed by atoms with Crippen molar-refractivity contribution in [1.29, 1.82) is 0 Å². The number of rotatable bonds is 7. The number of nitrogens with zero attached hydrogens (tertiary/aromatic N) is 1. The first-order chi connectivity index (χ1) is 16.6. The Morgan fingerprint density at radius 1 is 0.829 bits per heavy atom. The molecule has 2 N–H and O–H groups in total. The summed E-state index contributed by atoms with van der Waals surface area (Å²) >= 11 is 0. The second kappa shape index (κ2) is 9.44. The number of hydrogen-bond acceptors (Lipinski definition) is 5. The Morgan fingerprint density at radius 3 is 2.29 bits per heavy atom. The zero-order valence-corrected chi connectivity index (χ0v) is 20.4. The lowest BCUT2D eigenvalue weighted by atomic mass is 10.1. The van der Waals surface area contributed by atoms with E-state index in [9.17, 15) is 22.8 Å². The molecule has 0 saturated heterocycles. The van der Waals surface area contributed by atoms with Crippen molar-refractivity contribution in [2.75, 3.05) is 18.0 Å². The molecule has 1 aliphatic heterocycles. The Hall–Kier alpha value is -3.82. The minimum atomic E-state index is -3.72. The Labute approximate surface area is 204 Å². The number of hydrogen-bond donors (Lipinski definition) is 2. The summed E-state index contributed by atoms with van der Waals surface area (Å²) in [5.74, 6) is -1.41. The van der Waals surface area contributed by atoms with Gasteiger partial charge in [0, 0.05) is 18.7 Å². The summed E-state index contributed by atoms with van der Waals surface area (Å²) in [6, 6.07) is 16.6. The van der Waals surface area contributed by atoms with Gasteiger partial charge in [0.05, 0.1) is 21.7 Å². The summed E-state index contributed by atoms with van der Waals surface area (Å²) in [7, 11) is -3.72. The molecule has 1 aliphatic rings. The fourth-order valence-electron chi connectivity index (χ4n) is 3.95. The molecule has 4 rings (SSSR count). The van der Waals surface area contributed by atoms with Crippen LogP contribution in [0.2, 0.25) is 0 Å². The highest BCUT2D eigenvalue weighted by atomic mass is 32.2. The molecule has 8 nitrogen and oxygen atoms in total. The molecule has 3 aromatic rings. The van der Waals surface area contributed by atoms with Crippen LogP contribution in [0, 0.1) is 20.8 Å². The maximum Gasteiger partial charge on any atom is 0.266 e. The number of sulfonamides is 1. The van der Waals surface area contributed by atoms with Crippen LogP contribution in [0.25, 0.3) is 0 Å². The molecule has 0 aromatic heterocycles. The monoisotopic (exact) mass is 491 g/mol. The molecule has 0 unspecified atom stereocenters. The summed E-state index contributed by atoms with van der Waals surface area (Å²) < 4.78 is 27.7. The third kappa shape index (κ3) is 4.73. The van der Waals surface area contributed by atoms with Crippen LogP contribution in [0.15, 0.2) is 65.6 Å². The average molecular weight is 492 g/mol. The number of amides is 3. The first-order valence-corrected chi connectivity index (χ1v) is 12.5. The van der Waals surface area contributed by atoms with Gasteiger partial charge in [-0.3, -0.25) is 14.4 Å². The number of anilines is 1. The van der Waals surface area contributed by atoms with Crippen molar-refractivity contribution in [3.63, 3.8) is 0 Å². The lowest BCUT2D eigenvalue weighted by molar-refractivity contribution is 0.0923. The number of benzene rings is 3. The Balaban J connectivity index is 1.42. The molecule has 0 atom stereocenters. The SMILES string of the molecule is Cc1ccc(C)c(S(=O)(=O)NCCNC(=O)c2ccc3c(c2)C(=O)N(c2ccccc2C)C3=O)c1. The van der Waals surface area contributed by atoms with Crippen molar-refractivity contribution in [3.05, 3.63) is 94.0 Å². The van der Waals surface area contributed by atoms with Gasteiger partial charge in [0.25, 0.3) is 17.7 Å². The van der Waals surface area contributed by atoms with Gasteiger partial charge in [0.2, 0.25) is 10.0 Å². The molecule has 180 valence electrons. The smallest absolute Gasteiger partial charge is 0.266 e. The molecule has 0 radical (unpaired) electrons. The van der Waals surface area contributed by atoms with Crippen LogP contribution in [0.4, 0.5) is 5.69 Å². The van der Waals surface area contributed by atoms with Gasteiger partial charge in [-0.2, -0.15) is 0 Å². The van der Waals surface area contributed by atoms with E-state index in [0.29, 0.717) is 11.3 Å². The number of carbonyl (C=O) groups excluding carboxylic acids is 3. The zero-order valence-electron chi connectivity index (χ0n) is 19.6. The summed E-state index contributed by atoms with van der Waals surface area (Å²) in [5.41, 5.74) is 3.33. The van der Waals surface area contributed by atoms with Crippen molar-refractivity contribution < 1.29 is 22.8 Å². The minimum Gasteiger partial charge on any atom is -0.351 e. The average Bonchev–Trinajstić information content (AvgIpc) is 3.08. The number of nitrogens with one attached hydrogen (secondary N) is 2. The molecule has 0 spiro atoms. The standard InChI is InChI=1S/C26H25N3O5S/c1-16-8-9-18(3)23(14-16)35(33,34)28-13-12-27-24(30)19-10-11-20-21(15-19)26(32)29(25(20)31)22-7-5-4-6-17(22)2/h4-11,14-15,28H,12-13H2,1-3H3,(H,27,30). The second-order valence-electron chi connectivity index (χ2n) is 8.42. The summed E-state index contributed by atoms with van der Waals surface area (Å²) in [4.78, 5) is 39.8. The summed E-state index contributed by atoms with van der Waals surface area (Å²) in [6.45, 7) is 5.38. The van der Waals surface area contributed by atoms with Gasteiger partial charge in [0.15, 0.2) is 0 Å². The number of imide groups is 1. The second-order valence-corrected chi connectivity index (χ2v) is 10.2. The van der Waals surface area contributed by atoms with Gasteiger partial charge >= 0.3 is 0 Å². The maximum atomic E-state index is 13.0. The topological polar surface area (TPSA) is 113 Å². The minimum absolute atomic E-state index is 0.00905. The van der Waals surface area contributed by atoms with E-state index < -0.39 is 27.7 Å². The number of fused-ring (bicyclic) bond motifs is 1. The van der Waals surface area contributed by atoms with Crippen molar-refractivity contribution in [2.45, 2.75) is 25.7 Å². The fraction of sp³-hybridized carbons (Fsp3) is 0.192. The quantitative estimate of drug-likeness (QED) is 0.390. The highest BCUT2D eigenvalue weighted by molar-refractivity contribution is 7.89. The fourth-order valence-corrected chi connectivity index (χ4v) is 5.31. The highest BCUT2D eigenvalue weighted by Gasteiger charge is 2.37. The van der Waals surface area contributed by atoms with E-state index in [0.717, 1.165) is 16.0 Å². The maximum absolute atomic E-state index is 13.0. The van der Waals surface area contributed by atoms with Gasteiger partial charge in [-0.1, -0.05) is 30.3 Å². The van der Waals surface area contributed by atoms with E-state index in [1.807, 2.05) is 32.0 Å². The molecule has 0 bridgehead atoms. The first kappa shape index (κ1) is 24.3. The normalized spacial score (nSPS) is 13.2. The number of para-hydroxylation sites is 1. The van der Waals surface area contributed by atoms with Gasteiger partial charge in [-0.15, -0.1) is 0 Å². The van der Waals surface area contributed by atoms with Crippen LogP contribution < -0.4 is 14.9 Å². The van der Waals surface area contributed by atoms with Crippen LogP contribution in [0.5, 0.6) is 0 Å². The molecule has 35 heavy (non-hydrogen) atoms. The molecule has 9 heteroatoms. The van der Waals surface area contributed by atoms with E-state index in [4.69, 9.17) is 0 Å². The summed E-state index contributed by atoms with van der Waals surface area (Å²) in [5, 5.41) is 2.64. The summed E-state index contributed by atoms with van der Waals surface area (Å²) in [6.07, 6.45) is 0. The van der Waals surface area contributed by atoms with Crippen molar-refractivity contribution in [3.8, 4) is 0 Å². The van der Waals surface area contributed by atoms with Crippen LogP contribution in [-0.4, -0.2) is 39.2 Å². The van der Waals surface area contributed by atoms with Crippen molar-refractivity contribution >= 4 is 33.4 Å². The van der Waals surface area contributed by atoms with Gasteiger partial charge in [-0.05, 0) is 67.8 Å². The van der Waals surface area contributed by atoms with Crippen LogP contribution in [0.1, 0.15) is 47.8 Å². The Kier molecular flexibility index (Phi) is 6.56. The molecule has 0 aliphatic carbocycles.